The van der Waals surface area contributed by atoms with Gasteiger partial charge in [0, 0.05) is 49.1 Å². The van der Waals surface area contributed by atoms with Crippen LogP contribution in [0.1, 0.15) is 22.0 Å². The summed E-state index contributed by atoms with van der Waals surface area (Å²) < 4.78 is 8.53. The number of rotatable bonds is 5. The van der Waals surface area contributed by atoms with Crippen LogP contribution in [0.25, 0.3) is 0 Å². The van der Waals surface area contributed by atoms with Gasteiger partial charge in [-0.2, -0.15) is 0 Å². The maximum absolute atomic E-state index is 6.22. The summed E-state index contributed by atoms with van der Waals surface area (Å²) >= 11 is 1.73. The quantitative estimate of drug-likeness (QED) is 0.705. The Morgan fingerprint density at radius 3 is 2.96 bits per heavy atom. The van der Waals surface area contributed by atoms with Crippen LogP contribution >= 0.6 is 11.3 Å². The molecular formula is C19H22N4OS. The van der Waals surface area contributed by atoms with Crippen molar-refractivity contribution in [3.05, 3.63) is 70.2 Å². The largest absolute Gasteiger partial charge is 0.369 e. The molecule has 0 amide bonds. The summed E-state index contributed by atoms with van der Waals surface area (Å²) in [5.41, 5.74) is 5.38. The van der Waals surface area contributed by atoms with Gasteiger partial charge in [0.25, 0.3) is 0 Å². The number of pyridine rings is 1. The van der Waals surface area contributed by atoms with Gasteiger partial charge >= 0.3 is 0 Å². The molecule has 0 N–H and O–H groups in total. The van der Waals surface area contributed by atoms with Crippen molar-refractivity contribution in [1.29, 1.82) is 0 Å². The van der Waals surface area contributed by atoms with Crippen molar-refractivity contribution in [2.24, 2.45) is 0 Å². The number of thiazole rings is 1. The molecule has 0 unspecified atom stereocenters. The molecule has 1 aliphatic heterocycles. The smallest absolute Gasteiger partial charge is 0.0893 e. The molecule has 1 atom stereocenters. The molecule has 3 aromatic heterocycles. The number of fused-ring (bicyclic) bond motifs is 1. The molecule has 0 saturated carbocycles. The molecule has 4 rings (SSSR count). The summed E-state index contributed by atoms with van der Waals surface area (Å²) in [7, 11) is 0. The van der Waals surface area contributed by atoms with Crippen molar-refractivity contribution in [2.45, 2.75) is 39.3 Å². The molecule has 4 heterocycles. The van der Waals surface area contributed by atoms with Crippen molar-refractivity contribution < 1.29 is 4.74 Å². The lowest BCUT2D eigenvalue weighted by Gasteiger charge is -2.23. The van der Waals surface area contributed by atoms with E-state index in [9.17, 15) is 0 Å². The zero-order valence-electron chi connectivity index (χ0n) is 14.3. The van der Waals surface area contributed by atoms with Crippen LogP contribution in [0.5, 0.6) is 0 Å². The molecular weight excluding hydrogens is 332 g/mol. The Bertz CT molecular complexity index is 814. The third-order valence-corrected chi connectivity index (χ3v) is 5.50. The maximum Gasteiger partial charge on any atom is 0.0893 e. The lowest BCUT2D eigenvalue weighted by molar-refractivity contribution is 0.00738. The molecule has 130 valence electrons. The van der Waals surface area contributed by atoms with Gasteiger partial charge in [0.15, 0.2) is 0 Å². The van der Waals surface area contributed by atoms with Crippen molar-refractivity contribution in [2.75, 3.05) is 6.54 Å². The summed E-state index contributed by atoms with van der Waals surface area (Å²) in [4.78, 5) is 12.5. The fourth-order valence-corrected chi connectivity index (χ4v) is 4.04. The van der Waals surface area contributed by atoms with Crippen LogP contribution in [0, 0.1) is 6.92 Å². The number of nitrogens with zero attached hydrogens (tertiary/aromatic N) is 4. The van der Waals surface area contributed by atoms with E-state index in [0.29, 0.717) is 6.61 Å². The topological polar surface area (TPSA) is 43.2 Å². The third kappa shape index (κ3) is 3.98. The summed E-state index contributed by atoms with van der Waals surface area (Å²) in [6, 6.07) is 10.3. The fourth-order valence-electron chi connectivity index (χ4n) is 3.22. The van der Waals surface area contributed by atoms with Crippen molar-refractivity contribution in [3.8, 4) is 0 Å². The van der Waals surface area contributed by atoms with Gasteiger partial charge in [-0.1, -0.05) is 6.07 Å². The molecule has 0 spiro atoms. The highest BCUT2D eigenvalue weighted by Crippen LogP contribution is 2.21. The van der Waals surface area contributed by atoms with Crippen molar-refractivity contribution in [3.63, 3.8) is 0 Å². The van der Waals surface area contributed by atoms with Gasteiger partial charge in [0.05, 0.1) is 29.6 Å². The van der Waals surface area contributed by atoms with Crippen molar-refractivity contribution >= 4 is 11.3 Å². The minimum absolute atomic E-state index is 0.142. The van der Waals surface area contributed by atoms with Crippen LogP contribution in [0.4, 0.5) is 0 Å². The molecule has 6 heteroatoms. The predicted molar refractivity (Wildman–Crippen MR) is 98.2 cm³/mol. The average Bonchev–Trinajstić information content (AvgIpc) is 3.19. The van der Waals surface area contributed by atoms with Crippen LogP contribution in [0.3, 0.4) is 0 Å². The van der Waals surface area contributed by atoms with Crippen LogP contribution in [-0.4, -0.2) is 32.1 Å². The first-order valence-corrected chi connectivity index (χ1v) is 9.43. The van der Waals surface area contributed by atoms with E-state index in [1.54, 1.807) is 11.3 Å². The summed E-state index contributed by atoms with van der Waals surface area (Å²) in [5, 5.41) is 0. The first kappa shape index (κ1) is 16.4. The number of ether oxygens (including phenoxy) is 1. The number of hydrogen-bond donors (Lipinski definition) is 0. The molecule has 1 aliphatic rings. The Kier molecular flexibility index (Phi) is 4.92. The lowest BCUT2D eigenvalue weighted by Crippen LogP contribution is -2.32. The Morgan fingerprint density at radius 2 is 2.16 bits per heavy atom. The Morgan fingerprint density at radius 1 is 1.20 bits per heavy atom. The molecule has 0 saturated heterocycles. The van der Waals surface area contributed by atoms with E-state index in [2.05, 4.69) is 44.7 Å². The second-order valence-corrected chi connectivity index (χ2v) is 7.38. The molecule has 25 heavy (non-hydrogen) atoms. The van der Waals surface area contributed by atoms with E-state index in [-0.39, 0.29) is 6.10 Å². The number of hydrogen-bond acceptors (Lipinski definition) is 5. The summed E-state index contributed by atoms with van der Waals surface area (Å²) in [6.45, 7) is 6.29. The molecule has 0 aliphatic carbocycles. The first-order chi connectivity index (χ1) is 12.3. The van der Waals surface area contributed by atoms with Crippen LogP contribution in [0.2, 0.25) is 0 Å². The van der Waals surface area contributed by atoms with Gasteiger partial charge in [0.2, 0.25) is 0 Å². The molecule has 0 aromatic carbocycles. The zero-order valence-corrected chi connectivity index (χ0v) is 15.2. The van der Waals surface area contributed by atoms with Crippen molar-refractivity contribution in [1.82, 2.24) is 19.4 Å². The van der Waals surface area contributed by atoms with E-state index < -0.39 is 0 Å². The van der Waals surface area contributed by atoms with Gasteiger partial charge in [-0.05, 0) is 31.2 Å². The second-order valence-electron chi connectivity index (χ2n) is 6.44. The average molecular weight is 354 g/mol. The minimum Gasteiger partial charge on any atom is -0.369 e. The Balaban J connectivity index is 1.48. The minimum atomic E-state index is 0.142. The zero-order chi connectivity index (χ0) is 17.1. The highest BCUT2D eigenvalue weighted by atomic mass is 32.1. The Labute approximate surface area is 151 Å². The highest BCUT2D eigenvalue weighted by Gasteiger charge is 2.23. The number of aryl methyl sites for hydroxylation is 1. The van der Waals surface area contributed by atoms with Crippen LogP contribution < -0.4 is 0 Å². The first-order valence-electron chi connectivity index (χ1n) is 8.55. The van der Waals surface area contributed by atoms with Crippen LogP contribution in [0.15, 0.2) is 48.2 Å². The summed E-state index contributed by atoms with van der Waals surface area (Å²) in [5.74, 6) is 0. The van der Waals surface area contributed by atoms with E-state index >= 15 is 0 Å². The van der Waals surface area contributed by atoms with E-state index in [4.69, 9.17) is 4.74 Å². The van der Waals surface area contributed by atoms with E-state index in [1.165, 1.54) is 10.6 Å². The van der Waals surface area contributed by atoms with Gasteiger partial charge in [-0.3, -0.25) is 9.88 Å². The van der Waals surface area contributed by atoms with Gasteiger partial charge in [-0.25, -0.2) is 4.98 Å². The fraction of sp³-hybridized carbons (Fsp3) is 0.368. The second kappa shape index (κ2) is 7.47. The molecule has 5 nitrogen and oxygen atoms in total. The predicted octanol–water partition coefficient (Wildman–Crippen LogP) is 3.25. The summed E-state index contributed by atoms with van der Waals surface area (Å²) in [6.07, 6.45) is 4.10. The normalized spacial score (nSPS) is 18.0. The molecule has 0 fully saturated rings. The molecule has 0 bridgehead atoms. The number of aromatic nitrogens is 3. The van der Waals surface area contributed by atoms with E-state index in [0.717, 1.165) is 37.6 Å². The van der Waals surface area contributed by atoms with E-state index in [1.807, 2.05) is 29.9 Å². The standard InChI is InChI=1S/C19H22N4OS/c1-15-19(25-14-21-15)12-22-9-17-6-4-8-23(17)11-18(10-22)24-13-16-5-2-3-7-20-16/h2-8,14,18H,9-13H2,1H3/t18-/m1/s1. The van der Waals surface area contributed by atoms with Gasteiger partial charge in [0.1, 0.15) is 0 Å². The van der Waals surface area contributed by atoms with Gasteiger partial charge < -0.3 is 9.30 Å². The SMILES string of the molecule is Cc1ncsc1CN1Cc2cccn2C[C@H](OCc2ccccn2)C1. The lowest BCUT2D eigenvalue weighted by atomic mass is 10.3. The highest BCUT2D eigenvalue weighted by molar-refractivity contribution is 7.09. The molecule has 3 aromatic rings. The monoisotopic (exact) mass is 354 g/mol. The third-order valence-electron chi connectivity index (χ3n) is 4.58. The Hall–Kier alpha value is -2.02. The van der Waals surface area contributed by atoms with Crippen LogP contribution in [-0.2, 0) is 31.0 Å². The maximum atomic E-state index is 6.22. The molecule has 0 radical (unpaired) electrons. The van der Waals surface area contributed by atoms with Gasteiger partial charge in [-0.15, -0.1) is 11.3 Å².